The molecule has 2 aromatic carbocycles. The van der Waals surface area contributed by atoms with Gasteiger partial charge in [-0.25, -0.2) is 4.68 Å². The Morgan fingerprint density at radius 1 is 0.939 bits per heavy atom. The summed E-state index contributed by atoms with van der Waals surface area (Å²) in [6, 6.07) is 17.1. The first-order chi connectivity index (χ1) is 15.9. The van der Waals surface area contributed by atoms with Gasteiger partial charge in [0.2, 0.25) is 0 Å². The lowest BCUT2D eigenvalue weighted by molar-refractivity contribution is 0.0798. The maximum absolute atomic E-state index is 9.04. The highest BCUT2D eigenvalue weighted by atomic mass is 28.3. The number of aromatic nitrogens is 4. The number of fused-ring (bicyclic) bond motifs is 1. The van der Waals surface area contributed by atoms with Crippen LogP contribution in [0.1, 0.15) is 6.42 Å². The van der Waals surface area contributed by atoms with E-state index in [0.717, 1.165) is 46.3 Å². The Labute approximate surface area is 195 Å². The quantitative estimate of drug-likeness (QED) is 0.238. The van der Waals surface area contributed by atoms with Crippen LogP contribution in [0, 0.1) is 0 Å². The largest absolute Gasteiger partial charge is 0.457 e. The smallest absolute Gasteiger partial charge is 0.139 e. The van der Waals surface area contributed by atoms with Crippen molar-refractivity contribution in [2.75, 3.05) is 13.2 Å². The molecule has 4 aromatic rings. The highest BCUT2D eigenvalue weighted by molar-refractivity contribution is 6.76. The minimum absolute atomic E-state index is 0.158. The molecule has 0 fully saturated rings. The van der Waals surface area contributed by atoms with Crippen LogP contribution in [0.15, 0.2) is 60.9 Å². The lowest BCUT2D eigenvalue weighted by Crippen LogP contribution is -2.22. The van der Waals surface area contributed by atoms with Gasteiger partial charge in [0.1, 0.15) is 18.2 Å². The van der Waals surface area contributed by atoms with E-state index in [4.69, 9.17) is 14.6 Å². The monoisotopic (exact) mass is 464 g/mol. The molecule has 8 heteroatoms. The topological polar surface area (TPSA) is 74.3 Å². The number of aryl methyl sites for hydroxylation is 1. The van der Waals surface area contributed by atoms with Crippen molar-refractivity contribution in [3.63, 3.8) is 0 Å². The second-order valence-corrected chi connectivity index (χ2v) is 15.0. The maximum atomic E-state index is 9.04. The van der Waals surface area contributed by atoms with Gasteiger partial charge in [0.15, 0.2) is 0 Å². The van der Waals surface area contributed by atoms with E-state index in [1.165, 1.54) is 0 Å². The van der Waals surface area contributed by atoms with Crippen LogP contribution in [0.2, 0.25) is 25.7 Å². The van der Waals surface area contributed by atoms with Crippen molar-refractivity contribution in [3.8, 4) is 22.8 Å². The number of aliphatic hydroxyl groups excluding tert-OH is 1. The van der Waals surface area contributed by atoms with Crippen LogP contribution in [0.4, 0.5) is 0 Å². The molecule has 0 atom stereocenters. The molecule has 33 heavy (non-hydrogen) atoms. The third kappa shape index (κ3) is 6.10. The SMILES string of the molecule is C[Si](C)(C)CCOCn1nccc1-c1ccc(Oc2ccc3c(cnn3CCCO)c2)cc1. The van der Waals surface area contributed by atoms with Gasteiger partial charge in [-0.1, -0.05) is 19.6 Å². The molecule has 0 amide bonds. The summed E-state index contributed by atoms with van der Waals surface area (Å²) in [5, 5.41) is 18.9. The van der Waals surface area contributed by atoms with E-state index in [9.17, 15) is 0 Å². The van der Waals surface area contributed by atoms with E-state index in [-0.39, 0.29) is 6.61 Å². The third-order valence-corrected chi connectivity index (χ3v) is 7.16. The molecule has 0 aliphatic heterocycles. The van der Waals surface area contributed by atoms with E-state index in [2.05, 4.69) is 29.8 Å². The molecule has 2 heterocycles. The zero-order valence-electron chi connectivity index (χ0n) is 19.6. The highest BCUT2D eigenvalue weighted by Crippen LogP contribution is 2.28. The first-order valence-corrected chi connectivity index (χ1v) is 15.1. The molecule has 0 aliphatic rings. The zero-order valence-corrected chi connectivity index (χ0v) is 20.6. The van der Waals surface area contributed by atoms with Gasteiger partial charge < -0.3 is 14.6 Å². The first kappa shape index (κ1) is 23.2. The number of rotatable bonds is 11. The number of benzene rings is 2. The molecule has 1 N–H and O–H groups in total. The number of hydrogen-bond acceptors (Lipinski definition) is 5. The number of aliphatic hydroxyl groups is 1. The Morgan fingerprint density at radius 3 is 2.48 bits per heavy atom. The molecule has 0 aliphatic carbocycles. The summed E-state index contributed by atoms with van der Waals surface area (Å²) in [5.74, 6) is 1.53. The van der Waals surface area contributed by atoms with Gasteiger partial charge in [0, 0.05) is 45.0 Å². The summed E-state index contributed by atoms with van der Waals surface area (Å²) in [4.78, 5) is 0. The Bertz CT molecular complexity index is 1180. The van der Waals surface area contributed by atoms with Gasteiger partial charge in [0.25, 0.3) is 0 Å². The number of hydrogen-bond donors (Lipinski definition) is 1. The molecule has 0 bridgehead atoms. The molecular weight excluding hydrogens is 432 g/mol. The van der Waals surface area contributed by atoms with Crippen molar-refractivity contribution in [1.29, 1.82) is 0 Å². The van der Waals surface area contributed by atoms with Crippen LogP contribution in [0.5, 0.6) is 11.5 Å². The normalized spacial score (nSPS) is 11.9. The molecule has 0 spiro atoms. The predicted molar refractivity (Wildman–Crippen MR) is 133 cm³/mol. The lowest BCUT2D eigenvalue weighted by atomic mass is 10.1. The molecule has 0 radical (unpaired) electrons. The average Bonchev–Trinajstić information content (AvgIpc) is 3.42. The second-order valence-electron chi connectivity index (χ2n) is 9.36. The van der Waals surface area contributed by atoms with Crippen molar-refractivity contribution in [3.05, 3.63) is 60.9 Å². The molecule has 4 rings (SSSR count). The molecule has 7 nitrogen and oxygen atoms in total. The van der Waals surface area contributed by atoms with Gasteiger partial charge in [-0.3, -0.25) is 4.68 Å². The molecule has 0 saturated carbocycles. The Balaban J connectivity index is 1.39. The molecular formula is C25H32N4O3Si. The van der Waals surface area contributed by atoms with Gasteiger partial charge in [0.05, 0.1) is 17.4 Å². The summed E-state index contributed by atoms with van der Waals surface area (Å²) in [7, 11) is -1.10. The lowest BCUT2D eigenvalue weighted by Gasteiger charge is -2.16. The average molecular weight is 465 g/mol. The van der Waals surface area contributed by atoms with Gasteiger partial charge in [-0.15, -0.1) is 0 Å². The predicted octanol–water partition coefficient (Wildman–Crippen LogP) is 5.39. The maximum Gasteiger partial charge on any atom is 0.139 e. The molecule has 174 valence electrons. The zero-order chi connectivity index (χ0) is 23.3. The third-order valence-electron chi connectivity index (χ3n) is 5.45. The summed E-state index contributed by atoms with van der Waals surface area (Å²) in [5.41, 5.74) is 3.12. The van der Waals surface area contributed by atoms with Crippen LogP contribution in [-0.2, 0) is 18.0 Å². The Morgan fingerprint density at radius 2 is 1.73 bits per heavy atom. The van der Waals surface area contributed by atoms with Crippen molar-refractivity contribution in [2.24, 2.45) is 0 Å². The van der Waals surface area contributed by atoms with E-state index >= 15 is 0 Å². The fourth-order valence-electron chi connectivity index (χ4n) is 3.57. The standard InChI is InChI=1S/C25H32N4O3Si/c1-33(2,3)16-15-31-19-29-25(11-12-26-29)20-5-7-22(8-6-20)32-23-9-10-24-21(17-23)18-27-28(24)13-4-14-30/h5-12,17-18,30H,4,13-16,19H2,1-3H3. The first-order valence-electron chi connectivity index (χ1n) is 11.4. The summed E-state index contributed by atoms with van der Waals surface area (Å²) in [6.45, 7) is 9.13. The summed E-state index contributed by atoms with van der Waals surface area (Å²) >= 11 is 0. The number of ether oxygens (including phenoxy) is 2. The summed E-state index contributed by atoms with van der Waals surface area (Å²) in [6.07, 6.45) is 4.32. The van der Waals surface area contributed by atoms with Crippen molar-refractivity contribution >= 4 is 19.0 Å². The van der Waals surface area contributed by atoms with E-state index in [0.29, 0.717) is 19.7 Å². The fraction of sp³-hybridized carbons (Fsp3) is 0.360. The number of nitrogens with zero attached hydrogens (tertiary/aromatic N) is 4. The van der Waals surface area contributed by atoms with E-state index in [1.807, 2.05) is 64.1 Å². The Hall–Kier alpha value is -2.94. The Kier molecular flexibility index (Phi) is 7.27. The van der Waals surface area contributed by atoms with Gasteiger partial charge in [-0.2, -0.15) is 10.2 Å². The second kappa shape index (κ2) is 10.3. The molecule has 2 aromatic heterocycles. The minimum atomic E-state index is -1.10. The fourth-order valence-corrected chi connectivity index (χ4v) is 4.32. The van der Waals surface area contributed by atoms with Crippen molar-refractivity contribution in [2.45, 2.75) is 45.4 Å². The van der Waals surface area contributed by atoms with Crippen LogP contribution in [0.3, 0.4) is 0 Å². The van der Waals surface area contributed by atoms with Crippen LogP contribution in [0.25, 0.3) is 22.2 Å². The van der Waals surface area contributed by atoms with Crippen LogP contribution in [-0.4, -0.2) is 46.0 Å². The van der Waals surface area contributed by atoms with E-state index in [1.54, 1.807) is 6.20 Å². The molecule has 0 saturated heterocycles. The highest BCUT2D eigenvalue weighted by Gasteiger charge is 2.13. The minimum Gasteiger partial charge on any atom is -0.457 e. The van der Waals surface area contributed by atoms with Crippen molar-refractivity contribution < 1.29 is 14.6 Å². The van der Waals surface area contributed by atoms with E-state index < -0.39 is 8.07 Å². The molecule has 0 unspecified atom stereocenters. The van der Waals surface area contributed by atoms with Crippen molar-refractivity contribution in [1.82, 2.24) is 19.6 Å². The van der Waals surface area contributed by atoms with Crippen LogP contribution < -0.4 is 4.74 Å². The van der Waals surface area contributed by atoms with Gasteiger partial charge in [-0.05, 0) is 61.0 Å². The summed E-state index contributed by atoms with van der Waals surface area (Å²) < 4.78 is 15.7. The van der Waals surface area contributed by atoms with Gasteiger partial charge >= 0.3 is 0 Å². The van der Waals surface area contributed by atoms with Crippen LogP contribution >= 0.6 is 0 Å².